The predicted octanol–water partition coefficient (Wildman–Crippen LogP) is 2.64. The molecule has 1 aromatic carbocycles. The summed E-state index contributed by atoms with van der Waals surface area (Å²) in [7, 11) is 1.88. The van der Waals surface area contributed by atoms with Gasteiger partial charge in [-0.25, -0.2) is 4.98 Å². The lowest BCUT2D eigenvalue weighted by Crippen LogP contribution is -2.05. The van der Waals surface area contributed by atoms with Gasteiger partial charge in [0.15, 0.2) is 5.89 Å². The molecule has 0 bridgehead atoms. The highest BCUT2D eigenvalue weighted by Crippen LogP contribution is 2.18. The molecule has 2 rings (SSSR count). The van der Waals surface area contributed by atoms with Crippen molar-refractivity contribution in [2.75, 3.05) is 7.05 Å². The van der Waals surface area contributed by atoms with Crippen LogP contribution in [-0.2, 0) is 13.0 Å². The number of hydrogen-bond donors (Lipinski definition) is 1. The summed E-state index contributed by atoms with van der Waals surface area (Å²) < 4.78 is 5.37. The molecule has 0 radical (unpaired) electrons. The Bertz CT molecular complexity index is 468. The van der Waals surface area contributed by atoms with Gasteiger partial charge in [-0.1, -0.05) is 29.8 Å². The van der Waals surface area contributed by atoms with Crippen molar-refractivity contribution in [2.45, 2.75) is 13.0 Å². The zero-order valence-electron chi connectivity index (χ0n) is 9.03. The average molecular weight is 237 g/mol. The first-order chi connectivity index (χ1) is 7.79. The van der Waals surface area contributed by atoms with Crippen molar-refractivity contribution in [3.05, 3.63) is 52.7 Å². The van der Waals surface area contributed by atoms with Gasteiger partial charge in [0, 0.05) is 11.6 Å². The largest absolute Gasteiger partial charge is 0.448 e. The standard InChI is InChI=1S/C12H13ClN2O/c1-14-7-10-8-16-12(15-10)6-9-4-2-3-5-11(9)13/h2-5,8,14H,6-7H2,1H3. The maximum absolute atomic E-state index is 6.06. The van der Waals surface area contributed by atoms with E-state index in [0.717, 1.165) is 16.3 Å². The molecule has 1 N–H and O–H groups in total. The Balaban J connectivity index is 2.11. The van der Waals surface area contributed by atoms with E-state index in [1.807, 2.05) is 31.3 Å². The number of halogens is 1. The first-order valence-corrected chi connectivity index (χ1v) is 5.48. The third-order valence-corrected chi connectivity index (χ3v) is 2.63. The second kappa shape index (κ2) is 5.14. The Hall–Kier alpha value is -1.32. The number of rotatable bonds is 4. The molecule has 0 amide bonds. The van der Waals surface area contributed by atoms with Gasteiger partial charge in [-0.2, -0.15) is 0 Å². The summed E-state index contributed by atoms with van der Waals surface area (Å²) in [6.07, 6.45) is 2.30. The topological polar surface area (TPSA) is 38.1 Å². The van der Waals surface area contributed by atoms with Crippen molar-refractivity contribution in [2.24, 2.45) is 0 Å². The summed E-state index contributed by atoms with van der Waals surface area (Å²) in [5, 5.41) is 3.77. The molecule has 1 heterocycles. The zero-order chi connectivity index (χ0) is 11.4. The smallest absolute Gasteiger partial charge is 0.198 e. The van der Waals surface area contributed by atoms with E-state index in [1.54, 1.807) is 6.26 Å². The molecule has 84 valence electrons. The van der Waals surface area contributed by atoms with Crippen LogP contribution < -0.4 is 5.32 Å². The summed E-state index contributed by atoms with van der Waals surface area (Å²) in [6.45, 7) is 0.714. The number of nitrogens with zero attached hydrogens (tertiary/aromatic N) is 1. The van der Waals surface area contributed by atoms with E-state index in [-0.39, 0.29) is 0 Å². The first-order valence-electron chi connectivity index (χ1n) is 5.11. The van der Waals surface area contributed by atoms with Crippen LogP contribution in [0.15, 0.2) is 34.9 Å². The summed E-state index contributed by atoms with van der Waals surface area (Å²) in [6, 6.07) is 7.71. The van der Waals surface area contributed by atoms with Crippen molar-refractivity contribution < 1.29 is 4.42 Å². The predicted molar refractivity (Wildman–Crippen MR) is 63.5 cm³/mol. The summed E-state index contributed by atoms with van der Waals surface area (Å²) in [5.41, 5.74) is 1.94. The van der Waals surface area contributed by atoms with Crippen molar-refractivity contribution >= 4 is 11.6 Å². The van der Waals surface area contributed by atoms with Crippen LogP contribution in [-0.4, -0.2) is 12.0 Å². The molecule has 4 heteroatoms. The van der Waals surface area contributed by atoms with E-state index in [4.69, 9.17) is 16.0 Å². The number of oxazole rings is 1. The maximum Gasteiger partial charge on any atom is 0.198 e. The molecule has 16 heavy (non-hydrogen) atoms. The fourth-order valence-electron chi connectivity index (χ4n) is 1.50. The molecule has 0 aliphatic carbocycles. The molecule has 0 saturated heterocycles. The van der Waals surface area contributed by atoms with Gasteiger partial charge < -0.3 is 9.73 Å². The lowest BCUT2D eigenvalue weighted by Gasteiger charge is -1.99. The van der Waals surface area contributed by atoms with Crippen molar-refractivity contribution in [3.63, 3.8) is 0 Å². The molecule has 2 aromatic rings. The fraction of sp³-hybridized carbons (Fsp3) is 0.250. The molecular formula is C12H13ClN2O. The minimum absolute atomic E-state index is 0.628. The molecule has 3 nitrogen and oxygen atoms in total. The van der Waals surface area contributed by atoms with Gasteiger partial charge in [-0.15, -0.1) is 0 Å². The lowest BCUT2D eigenvalue weighted by atomic mass is 10.1. The number of benzene rings is 1. The van der Waals surface area contributed by atoms with Crippen LogP contribution in [0.1, 0.15) is 17.1 Å². The van der Waals surface area contributed by atoms with Gasteiger partial charge in [0.1, 0.15) is 6.26 Å². The second-order valence-corrected chi connectivity index (χ2v) is 3.94. The average Bonchev–Trinajstić information content (AvgIpc) is 2.70. The second-order valence-electron chi connectivity index (χ2n) is 3.53. The molecule has 0 aliphatic rings. The Morgan fingerprint density at radius 2 is 2.19 bits per heavy atom. The highest BCUT2D eigenvalue weighted by atomic mass is 35.5. The van der Waals surface area contributed by atoms with E-state index < -0.39 is 0 Å². The van der Waals surface area contributed by atoms with E-state index in [1.165, 1.54) is 0 Å². The number of aromatic nitrogens is 1. The van der Waals surface area contributed by atoms with Crippen molar-refractivity contribution in [1.29, 1.82) is 0 Å². The molecular weight excluding hydrogens is 224 g/mol. The molecule has 0 aliphatic heterocycles. The van der Waals surface area contributed by atoms with E-state index in [0.29, 0.717) is 18.9 Å². The van der Waals surface area contributed by atoms with Gasteiger partial charge >= 0.3 is 0 Å². The van der Waals surface area contributed by atoms with Crippen LogP contribution in [0.4, 0.5) is 0 Å². The molecule has 0 fully saturated rings. The van der Waals surface area contributed by atoms with Crippen LogP contribution in [0.25, 0.3) is 0 Å². The first kappa shape index (κ1) is 11.2. The Morgan fingerprint density at radius 1 is 1.38 bits per heavy atom. The van der Waals surface area contributed by atoms with Gasteiger partial charge in [0.2, 0.25) is 0 Å². The van der Waals surface area contributed by atoms with E-state index in [2.05, 4.69) is 10.3 Å². The van der Waals surface area contributed by atoms with Gasteiger partial charge in [0.25, 0.3) is 0 Å². The van der Waals surface area contributed by atoms with Crippen LogP contribution >= 0.6 is 11.6 Å². The van der Waals surface area contributed by atoms with Crippen LogP contribution in [0.5, 0.6) is 0 Å². The molecule has 0 atom stereocenters. The van der Waals surface area contributed by atoms with Crippen LogP contribution in [0.2, 0.25) is 5.02 Å². The SMILES string of the molecule is CNCc1coc(Cc2ccccc2Cl)n1. The molecule has 0 unspecified atom stereocenters. The monoisotopic (exact) mass is 236 g/mol. The summed E-state index contributed by atoms with van der Waals surface area (Å²) in [4.78, 5) is 4.35. The zero-order valence-corrected chi connectivity index (χ0v) is 9.79. The minimum Gasteiger partial charge on any atom is -0.448 e. The van der Waals surface area contributed by atoms with E-state index >= 15 is 0 Å². The Labute approximate surface area is 99.5 Å². The number of nitrogens with one attached hydrogen (secondary N) is 1. The normalized spacial score (nSPS) is 10.6. The van der Waals surface area contributed by atoms with E-state index in [9.17, 15) is 0 Å². The Morgan fingerprint density at radius 3 is 2.94 bits per heavy atom. The van der Waals surface area contributed by atoms with Gasteiger partial charge in [0.05, 0.1) is 12.1 Å². The summed E-state index contributed by atoms with van der Waals surface area (Å²) in [5.74, 6) is 0.693. The van der Waals surface area contributed by atoms with Crippen LogP contribution in [0.3, 0.4) is 0 Å². The lowest BCUT2D eigenvalue weighted by molar-refractivity contribution is 0.506. The minimum atomic E-state index is 0.628. The van der Waals surface area contributed by atoms with Crippen molar-refractivity contribution in [3.8, 4) is 0 Å². The van der Waals surface area contributed by atoms with Crippen LogP contribution in [0, 0.1) is 0 Å². The van der Waals surface area contributed by atoms with Crippen molar-refractivity contribution in [1.82, 2.24) is 10.3 Å². The fourth-order valence-corrected chi connectivity index (χ4v) is 1.70. The Kier molecular flexibility index (Phi) is 3.59. The summed E-state index contributed by atoms with van der Waals surface area (Å²) >= 11 is 6.06. The maximum atomic E-state index is 6.06. The third-order valence-electron chi connectivity index (χ3n) is 2.26. The highest BCUT2D eigenvalue weighted by molar-refractivity contribution is 6.31. The number of hydrogen-bond acceptors (Lipinski definition) is 3. The molecule has 0 spiro atoms. The molecule has 0 saturated carbocycles. The highest BCUT2D eigenvalue weighted by Gasteiger charge is 2.06. The van der Waals surface area contributed by atoms with Gasteiger partial charge in [-0.3, -0.25) is 0 Å². The quantitative estimate of drug-likeness (QED) is 0.887. The molecule has 1 aromatic heterocycles. The third kappa shape index (κ3) is 2.62. The van der Waals surface area contributed by atoms with Gasteiger partial charge in [-0.05, 0) is 18.7 Å².